The predicted octanol–water partition coefficient (Wildman–Crippen LogP) is 4.78. The molecule has 1 unspecified atom stereocenters. The Hall–Kier alpha value is -0.780. The molecule has 106 valence electrons. The molecule has 0 radical (unpaired) electrons. The molecule has 0 saturated heterocycles. The fraction of sp³-hybridized carbons (Fsp3) is 0.250. The van der Waals surface area contributed by atoms with Crippen molar-refractivity contribution in [3.05, 3.63) is 62.2 Å². The first-order chi connectivity index (χ1) is 9.47. The number of halogens is 2. The van der Waals surface area contributed by atoms with E-state index in [-0.39, 0.29) is 12.1 Å². The van der Waals surface area contributed by atoms with Crippen molar-refractivity contribution in [1.29, 1.82) is 0 Å². The molecule has 0 amide bonds. The van der Waals surface area contributed by atoms with Crippen molar-refractivity contribution in [2.75, 3.05) is 0 Å². The van der Waals surface area contributed by atoms with E-state index in [1.807, 2.05) is 56.3 Å². The molecule has 0 heterocycles. The van der Waals surface area contributed by atoms with E-state index in [1.54, 1.807) is 0 Å². The summed E-state index contributed by atoms with van der Waals surface area (Å²) in [5.41, 5.74) is 8.41. The van der Waals surface area contributed by atoms with Crippen molar-refractivity contribution in [2.45, 2.75) is 26.0 Å². The predicted molar refractivity (Wildman–Crippen MR) is 92.4 cm³/mol. The van der Waals surface area contributed by atoms with E-state index in [0.29, 0.717) is 5.02 Å². The lowest BCUT2D eigenvalue weighted by atomic mass is 9.99. The Labute approximate surface area is 138 Å². The van der Waals surface area contributed by atoms with Crippen LogP contribution in [0.1, 0.15) is 31.0 Å². The highest BCUT2D eigenvalue weighted by Crippen LogP contribution is 2.28. The van der Waals surface area contributed by atoms with Crippen LogP contribution in [0.2, 0.25) is 5.02 Å². The van der Waals surface area contributed by atoms with Gasteiger partial charge in [-0.2, -0.15) is 0 Å². The van der Waals surface area contributed by atoms with Gasteiger partial charge in [0.05, 0.1) is 12.1 Å². The van der Waals surface area contributed by atoms with E-state index >= 15 is 0 Å². The average molecular weight is 402 g/mol. The van der Waals surface area contributed by atoms with E-state index < -0.39 is 0 Å². The fourth-order valence-electron chi connectivity index (χ4n) is 1.99. The van der Waals surface area contributed by atoms with Gasteiger partial charge in [-0.25, -0.2) is 0 Å². The molecule has 0 fully saturated rings. The lowest BCUT2D eigenvalue weighted by Gasteiger charge is -2.17. The third kappa shape index (κ3) is 3.87. The Morgan fingerprint density at radius 2 is 1.90 bits per heavy atom. The average Bonchev–Trinajstić information content (AvgIpc) is 2.40. The highest BCUT2D eigenvalue weighted by atomic mass is 127. The van der Waals surface area contributed by atoms with Crippen LogP contribution < -0.4 is 10.5 Å². The summed E-state index contributed by atoms with van der Waals surface area (Å²) in [7, 11) is 0. The minimum Gasteiger partial charge on any atom is -0.491 e. The standard InChI is InChI=1S/C16H17ClINO/c1-10(2)20-13-5-3-4-11(8-13)16(19)14-9-12(17)6-7-15(14)18/h3-10,16H,19H2,1-2H3. The Balaban J connectivity index is 2.33. The second kappa shape index (κ2) is 6.78. The van der Waals surface area contributed by atoms with Gasteiger partial charge in [-0.1, -0.05) is 23.7 Å². The van der Waals surface area contributed by atoms with Crippen LogP contribution >= 0.6 is 34.2 Å². The number of nitrogens with two attached hydrogens (primary N) is 1. The van der Waals surface area contributed by atoms with Crippen molar-refractivity contribution in [3.63, 3.8) is 0 Å². The molecule has 2 nitrogen and oxygen atoms in total. The molecule has 0 aliphatic carbocycles. The molecule has 0 bridgehead atoms. The van der Waals surface area contributed by atoms with Gasteiger partial charge >= 0.3 is 0 Å². The van der Waals surface area contributed by atoms with Gasteiger partial charge in [-0.15, -0.1) is 0 Å². The molecule has 4 heteroatoms. The molecule has 0 aliphatic rings. The quantitative estimate of drug-likeness (QED) is 0.748. The summed E-state index contributed by atoms with van der Waals surface area (Å²) in [5, 5.41) is 0.699. The number of hydrogen-bond donors (Lipinski definition) is 1. The van der Waals surface area contributed by atoms with Crippen LogP contribution in [0.3, 0.4) is 0 Å². The lowest BCUT2D eigenvalue weighted by molar-refractivity contribution is 0.242. The zero-order chi connectivity index (χ0) is 14.7. The highest BCUT2D eigenvalue weighted by Gasteiger charge is 2.13. The largest absolute Gasteiger partial charge is 0.491 e. The van der Waals surface area contributed by atoms with Crippen molar-refractivity contribution >= 4 is 34.2 Å². The maximum Gasteiger partial charge on any atom is 0.120 e. The van der Waals surface area contributed by atoms with Crippen LogP contribution in [-0.2, 0) is 0 Å². The summed E-state index contributed by atoms with van der Waals surface area (Å²) < 4.78 is 6.82. The molecule has 2 aromatic rings. The van der Waals surface area contributed by atoms with Gasteiger partial charge in [-0.3, -0.25) is 0 Å². The van der Waals surface area contributed by atoms with Crippen molar-refractivity contribution < 1.29 is 4.74 Å². The van der Waals surface area contributed by atoms with Crippen LogP contribution in [-0.4, -0.2) is 6.10 Å². The van der Waals surface area contributed by atoms with Gasteiger partial charge in [0, 0.05) is 8.59 Å². The third-order valence-corrected chi connectivity index (χ3v) is 4.10. The first-order valence-corrected chi connectivity index (χ1v) is 7.90. The molecule has 0 saturated carbocycles. The number of rotatable bonds is 4. The van der Waals surface area contributed by atoms with Gasteiger partial charge in [0.2, 0.25) is 0 Å². The molecular weight excluding hydrogens is 385 g/mol. The number of hydrogen-bond acceptors (Lipinski definition) is 2. The number of ether oxygens (including phenoxy) is 1. The normalized spacial score (nSPS) is 12.5. The Morgan fingerprint density at radius 1 is 1.15 bits per heavy atom. The highest BCUT2D eigenvalue weighted by molar-refractivity contribution is 14.1. The zero-order valence-corrected chi connectivity index (χ0v) is 14.4. The van der Waals surface area contributed by atoms with Crippen molar-refractivity contribution in [1.82, 2.24) is 0 Å². The second-order valence-electron chi connectivity index (χ2n) is 4.88. The first kappa shape index (κ1) is 15.6. The van der Waals surface area contributed by atoms with Gasteiger partial charge < -0.3 is 10.5 Å². The molecule has 2 rings (SSSR count). The molecule has 0 aliphatic heterocycles. The molecule has 1 atom stereocenters. The van der Waals surface area contributed by atoms with Crippen LogP contribution in [0.5, 0.6) is 5.75 Å². The van der Waals surface area contributed by atoms with Gasteiger partial charge in [0.25, 0.3) is 0 Å². The summed E-state index contributed by atoms with van der Waals surface area (Å²) in [6, 6.07) is 13.5. The maximum absolute atomic E-state index is 6.37. The van der Waals surface area contributed by atoms with Crippen LogP contribution in [0.15, 0.2) is 42.5 Å². The molecule has 0 aromatic heterocycles. The minimum absolute atomic E-state index is 0.146. The Kier molecular flexibility index (Phi) is 5.29. The zero-order valence-electron chi connectivity index (χ0n) is 11.4. The van der Waals surface area contributed by atoms with E-state index in [9.17, 15) is 0 Å². The molecule has 2 aromatic carbocycles. The number of benzene rings is 2. The van der Waals surface area contributed by atoms with Gasteiger partial charge in [0.15, 0.2) is 0 Å². The summed E-state index contributed by atoms with van der Waals surface area (Å²) in [5.74, 6) is 0.838. The SMILES string of the molecule is CC(C)Oc1cccc(C(N)c2cc(Cl)ccc2I)c1. The van der Waals surface area contributed by atoms with E-state index in [4.69, 9.17) is 22.1 Å². The summed E-state index contributed by atoms with van der Waals surface area (Å²) in [4.78, 5) is 0. The second-order valence-corrected chi connectivity index (χ2v) is 6.48. The molecule has 20 heavy (non-hydrogen) atoms. The van der Waals surface area contributed by atoms with Crippen LogP contribution in [0.25, 0.3) is 0 Å². The monoisotopic (exact) mass is 401 g/mol. The van der Waals surface area contributed by atoms with E-state index in [1.165, 1.54) is 0 Å². The topological polar surface area (TPSA) is 35.2 Å². The molecule has 0 spiro atoms. The fourth-order valence-corrected chi connectivity index (χ4v) is 2.84. The third-order valence-electron chi connectivity index (χ3n) is 2.88. The summed E-state index contributed by atoms with van der Waals surface area (Å²) in [6.07, 6.45) is 0.146. The van der Waals surface area contributed by atoms with E-state index in [0.717, 1.165) is 20.4 Å². The first-order valence-electron chi connectivity index (χ1n) is 6.44. The van der Waals surface area contributed by atoms with Crippen molar-refractivity contribution in [2.24, 2.45) is 5.73 Å². The molecular formula is C16H17ClINO. The summed E-state index contributed by atoms with van der Waals surface area (Å²) in [6.45, 7) is 4.01. The Bertz CT molecular complexity index is 601. The van der Waals surface area contributed by atoms with Crippen molar-refractivity contribution in [3.8, 4) is 5.75 Å². The lowest BCUT2D eigenvalue weighted by Crippen LogP contribution is -2.14. The Morgan fingerprint density at radius 3 is 2.60 bits per heavy atom. The smallest absolute Gasteiger partial charge is 0.120 e. The van der Waals surface area contributed by atoms with E-state index in [2.05, 4.69) is 22.6 Å². The van der Waals surface area contributed by atoms with Gasteiger partial charge in [0.1, 0.15) is 5.75 Å². The molecule has 2 N–H and O–H groups in total. The van der Waals surface area contributed by atoms with Crippen LogP contribution in [0, 0.1) is 3.57 Å². The van der Waals surface area contributed by atoms with Gasteiger partial charge in [-0.05, 0) is 77.9 Å². The minimum atomic E-state index is -0.212. The van der Waals surface area contributed by atoms with Crippen LogP contribution in [0.4, 0.5) is 0 Å². The maximum atomic E-state index is 6.37. The summed E-state index contributed by atoms with van der Waals surface area (Å²) >= 11 is 8.34.